The predicted molar refractivity (Wildman–Crippen MR) is 87.4 cm³/mol. The maximum absolute atomic E-state index is 5.83. The van der Waals surface area contributed by atoms with Crippen molar-refractivity contribution >= 4 is 5.69 Å². The molecule has 0 spiro atoms. The van der Waals surface area contributed by atoms with E-state index in [1.54, 1.807) is 26.4 Å². The van der Waals surface area contributed by atoms with Crippen molar-refractivity contribution < 1.29 is 14.0 Å². The van der Waals surface area contributed by atoms with Crippen molar-refractivity contribution in [1.29, 1.82) is 0 Å². The van der Waals surface area contributed by atoms with E-state index in [0.717, 1.165) is 22.4 Å². The number of aryl methyl sites for hydroxylation is 1. The zero-order valence-electron chi connectivity index (χ0n) is 13.2. The summed E-state index contributed by atoms with van der Waals surface area (Å²) in [7, 11) is 3.17. The second-order valence-electron chi connectivity index (χ2n) is 5.06. The summed E-state index contributed by atoms with van der Waals surface area (Å²) in [6.45, 7) is 1.94. The third kappa shape index (κ3) is 2.83. The lowest BCUT2D eigenvalue weighted by Gasteiger charge is -2.07. The fraction of sp³-hybridized carbons (Fsp3) is 0.176. The molecule has 2 aromatic carbocycles. The zero-order valence-corrected chi connectivity index (χ0v) is 13.2. The van der Waals surface area contributed by atoms with Crippen LogP contribution in [0.25, 0.3) is 22.8 Å². The molecule has 2 N–H and O–H groups in total. The third-order valence-corrected chi connectivity index (χ3v) is 3.58. The number of nitrogens with zero attached hydrogens (tertiary/aromatic N) is 2. The lowest BCUT2D eigenvalue weighted by Crippen LogP contribution is -1.91. The van der Waals surface area contributed by atoms with Crippen molar-refractivity contribution in [3.63, 3.8) is 0 Å². The van der Waals surface area contributed by atoms with Crippen LogP contribution in [0.4, 0.5) is 5.69 Å². The Hall–Kier alpha value is -3.02. The van der Waals surface area contributed by atoms with Gasteiger partial charge in [0.2, 0.25) is 5.82 Å². The van der Waals surface area contributed by atoms with Gasteiger partial charge in [-0.2, -0.15) is 4.98 Å². The molecule has 0 unspecified atom stereocenters. The van der Waals surface area contributed by atoms with Crippen LogP contribution in [0.3, 0.4) is 0 Å². The molecule has 6 nitrogen and oxygen atoms in total. The van der Waals surface area contributed by atoms with Gasteiger partial charge >= 0.3 is 0 Å². The zero-order chi connectivity index (χ0) is 16.4. The number of hydrogen-bond donors (Lipinski definition) is 1. The van der Waals surface area contributed by atoms with Gasteiger partial charge in [0.1, 0.15) is 0 Å². The molecular formula is C17H17N3O3. The highest BCUT2D eigenvalue weighted by molar-refractivity contribution is 5.65. The summed E-state index contributed by atoms with van der Waals surface area (Å²) in [6.07, 6.45) is 0. The van der Waals surface area contributed by atoms with Crippen molar-refractivity contribution in [2.75, 3.05) is 20.0 Å². The Morgan fingerprint density at radius 1 is 0.957 bits per heavy atom. The molecule has 1 heterocycles. The molecular weight excluding hydrogens is 294 g/mol. The smallest absolute Gasteiger partial charge is 0.258 e. The highest BCUT2D eigenvalue weighted by atomic mass is 16.5. The van der Waals surface area contributed by atoms with Gasteiger partial charge in [0.05, 0.1) is 14.2 Å². The van der Waals surface area contributed by atoms with Crippen LogP contribution in [0.1, 0.15) is 5.56 Å². The van der Waals surface area contributed by atoms with Crippen LogP contribution in [-0.2, 0) is 0 Å². The van der Waals surface area contributed by atoms with Gasteiger partial charge in [-0.1, -0.05) is 5.16 Å². The van der Waals surface area contributed by atoms with Crippen molar-refractivity contribution in [1.82, 2.24) is 10.1 Å². The van der Waals surface area contributed by atoms with Crippen LogP contribution < -0.4 is 15.2 Å². The quantitative estimate of drug-likeness (QED) is 0.744. The first-order valence-electron chi connectivity index (χ1n) is 7.05. The van der Waals surface area contributed by atoms with Gasteiger partial charge in [0, 0.05) is 16.8 Å². The molecule has 0 bridgehead atoms. The molecule has 0 atom stereocenters. The van der Waals surface area contributed by atoms with Gasteiger partial charge in [-0.3, -0.25) is 0 Å². The summed E-state index contributed by atoms with van der Waals surface area (Å²) in [4.78, 5) is 4.44. The first kappa shape index (κ1) is 14.9. The average molecular weight is 311 g/mol. The van der Waals surface area contributed by atoms with Crippen LogP contribution in [-0.4, -0.2) is 24.4 Å². The number of nitrogens with two attached hydrogens (primary N) is 1. The van der Waals surface area contributed by atoms with E-state index < -0.39 is 0 Å². The van der Waals surface area contributed by atoms with Crippen LogP contribution in [0.15, 0.2) is 40.9 Å². The maximum atomic E-state index is 5.83. The van der Waals surface area contributed by atoms with E-state index in [-0.39, 0.29) is 0 Å². The minimum atomic E-state index is 0.412. The van der Waals surface area contributed by atoms with Crippen molar-refractivity contribution in [2.45, 2.75) is 6.92 Å². The molecule has 1 aromatic heterocycles. The molecule has 0 amide bonds. The van der Waals surface area contributed by atoms with Crippen LogP contribution in [0.2, 0.25) is 0 Å². The standard InChI is InChI=1S/C17H17N3O3/c1-10-8-11(4-6-13(10)18)16-19-17(23-20-16)12-5-7-14(21-2)15(9-12)22-3/h4-9H,18H2,1-3H3. The van der Waals surface area contributed by atoms with Gasteiger partial charge in [0.15, 0.2) is 11.5 Å². The Labute approximate surface area is 133 Å². The number of benzene rings is 2. The number of methoxy groups -OCH3 is 2. The summed E-state index contributed by atoms with van der Waals surface area (Å²) in [5, 5.41) is 4.03. The minimum absolute atomic E-state index is 0.412. The van der Waals surface area contributed by atoms with Crippen molar-refractivity contribution in [3.05, 3.63) is 42.0 Å². The van der Waals surface area contributed by atoms with Crippen molar-refractivity contribution in [3.8, 4) is 34.3 Å². The van der Waals surface area contributed by atoms with Crippen LogP contribution in [0, 0.1) is 6.92 Å². The third-order valence-electron chi connectivity index (χ3n) is 3.58. The lowest BCUT2D eigenvalue weighted by atomic mass is 10.1. The normalized spacial score (nSPS) is 10.6. The number of nitrogen functional groups attached to an aromatic ring is 1. The van der Waals surface area contributed by atoms with E-state index in [0.29, 0.717) is 23.2 Å². The fourth-order valence-corrected chi connectivity index (χ4v) is 2.24. The van der Waals surface area contributed by atoms with Gasteiger partial charge in [-0.15, -0.1) is 0 Å². The minimum Gasteiger partial charge on any atom is -0.493 e. The second-order valence-corrected chi connectivity index (χ2v) is 5.06. The molecule has 0 saturated heterocycles. The number of hydrogen-bond acceptors (Lipinski definition) is 6. The van der Waals surface area contributed by atoms with E-state index in [4.69, 9.17) is 19.7 Å². The molecule has 6 heteroatoms. The van der Waals surface area contributed by atoms with E-state index in [1.165, 1.54) is 0 Å². The number of rotatable bonds is 4. The average Bonchev–Trinajstić information content (AvgIpc) is 3.06. The summed E-state index contributed by atoms with van der Waals surface area (Å²) >= 11 is 0. The molecule has 0 radical (unpaired) electrons. The van der Waals surface area contributed by atoms with E-state index >= 15 is 0 Å². The Bertz CT molecular complexity index is 843. The van der Waals surface area contributed by atoms with Crippen LogP contribution >= 0.6 is 0 Å². The molecule has 118 valence electrons. The predicted octanol–water partition coefficient (Wildman–Crippen LogP) is 3.31. The molecule has 3 aromatic rings. The van der Waals surface area contributed by atoms with E-state index in [1.807, 2.05) is 31.2 Å². The van der Waals surface area contributed by atoms with E-state index in [2.05, 4.69) is 10.1 Å². The molecule has 0 aliphatic rings. The van der Waals surface area contributed by atoms with Gasteiger partial charge < -0.3 is 19.7 Å². The Kier molecular flexibility index (Phi) is 3.89. The molecule has 0 fully saturated rings. The second kappa shape index (κ2) is 6.00. The van der Waals surface area contributed by atoms with Gasteiger partial charge in [-0.25, -0.2) is 0 Å². The number of aromatic nitrogens is 2. The first-order chi connectivity index (χ1) is 11.1. The monoisotopic (exact) mass is 311 g/mol. The fourth-order valence-electron chi connectivity index (χ4n) is 2.24. The van der Waals surface area contributed by atoms with Crippen molar-refractivity contribution in [2.24, 2.45) is 0 Å². The summed E-state index contributed by atoms with van der Waals surface area (Å²) in [5.41, 5.74) is 9.15. The Balaban J connectivity index is 1.97. The van der Waals surface area contributed by atoms with Crippen LogP contribution in [0.5, 0.6) is 11.5 Å². The molecule has 0 aliphatic carbocycles. The lowest BCUT2D eigenvalue weighted by molar-refractivity contribution is 0.355. The Morgan fingerprint density at radius 2 is 1.70 bits per heavy atom. The van der Waals surface area contributed by atoms with Gasteiger partial charge in [0.25, 0.3) is 5.89 Å². The SMILES string of the molecule is COc1ccc(-c2nc(-c3ccc(N)c(C)c3)no2)cc1OC. The summed E-state index contributed by atoms with van der Waals surface area (Å²) in [5.74, 6) is 2.17. The number of anilines is 1. The Morgan fingerprint density at radius 3 is 2.39 bits per heavy atom. The first-order valence-corrected chi connectivity index (χ1v) is 7.05. The highest BCUT2D eigenvalue weighted by Crippen LogP contribution is 2.32. The molecule has 3 rings (SSSR count). The molecule has 0 aliphatic heterocycles. The largest absolute Gasteiger partial charge is 0.493 e. The molecule has 0 saturated carbocycles. The number of ether oxygens (including phenoxy) is 2. The van der Waals surface area contributed by atoms with Gasteiger partial charge in [-0.05, 0) is 48.9 Å². The highest BCUT2D eigenvalue weighted by Gasteiger charge is 2.13. The topological polar surface area (TPSA) is 83.4 Å². The van der Waals surface area contributed by atoms with E-state index in [9.17, 15) is 0 Å². The summed E-state index contributed by atoms with van der Waals surface area (Å²) in [6, 6.07) is 11.1. The summed E-state index contributed by atoms with van der Waals surface area (Å²) < 4.78 is 15.9. The maximum Gasteiger partial charge on any atom is 0.258 e. The molecule has 23 heavy (non-hydrogen) atoms.